The first-order valence-electron chi connectivity index (χ1n) is 7.36. The summed E-state index contributed by atoms with van der Waals surface area (Å²) in [6.07, 6.45) is 3.07. The quantitative estimate of drug-likeness (QED) is 0.644. The van der Waals surface area contributed by atoms with Gasteiger partial charge in [-0.1, -0.05) is 6.42 Å². The van der Waals surface area contributed by atoms with Crippen LogP contribution in [-0.4, -0.2) is 29.5 Å². The monoisotopic (exact) mass is 291 g/mol. The third kappa shape index (κ3) is 3.97. The van der Waals surface area contributed by atoms with Crippen LogP contribution in [0.3, 0.4) is 0 Å². The molecular weight excluding hydrogens is 270 g/mol. The summed E-state index contributed by atoms with van der Waals surface area (Å²) in [5.74, 6) is -0.468. The van der Waals surface area contributed by atoms with Crippen LogP contribution in [0.5, 0.6) is 5.75 Å². The Hall–Kier alpha value is -2.04. The van der Waals surface area contributed by atoms with Gasteiger partial charge in [-0.25, -0.2) is 4.79 Å². The summed E-state index contributed by atoms with van der Waals surface area (Å²) >= 11 is 0. The summed E-state index contributed by atoms with van der Waals surface area (Å²) in [7, 11) is 0. The number of anilines is 1. The second-order valence-corrected chi connectivity index (χ2v) is 5.24. The first-order chi connectivity index (χ1) is 10.1. The third-order valence-electron chi connectivity index (χ3n) is 3.73. The van der Waals surface area contributed by atoms with Gasteiger partial charge >= 0.3 is 5.97 Å². The van der Waals surface area contributed by atoms with Gasteiger partial charge < -0.3 is 15.2 Å². The van der Waals surface area contributed by atoms with Gasteiger partial charge in [0.15, 0.2) is 0 Å². The summed E-state index contributed by atoms with van der Waals surface area (Å²) in [5.41, 5.74) is 0.684. The molecule has 5 heteroatoms. The fourth-order valence-corrected chi connectivity index (χ4v) is 2.66. The SMILES string of the molecule is CCOC(=O)[C@@H](Nc1ccc(O)cc1)[C@@H]1CCCCC1=O. The number of rotatable bonds is 5. The summed E-state index contributed by atoms with van der Waals surface area (Å²) < 4.78 is 5.10. The van der Waals surface area contributed by atoms with Crippen molar-refractivity contribution < 1.29 is 19.4 Å². The normalized spacial score (nSPS) is 19.9. The zero-order valence-corrected chi connectivity index (χ0v) is 12.2. The lowest BCUT2D eigenvalue weighted by atomic mass is 9.82. The summed E-state index contributed by atoms with van der Waals surface area (Å²) in [5, 5.41) is 12.4. The van der Waals surface area contributed by atoms with E-state index in [2.05, 4.69) is 5.32 Å². The Morgan fingerprint density at radius 3 is 2.71 bits per heavy atom. The first-order valence-corrected chi connectivity index (χ1v) is 7.36. The minimum absolute atomic E-state index is 0.116. The van der Waals surface area contributed by atoms with Gasteiger partial charge in [-0.3, -0.25) is 4.79 Å². The lowest BCUT2D eigenvalue weighted by Crippen LogP contribution is -2.43. The number of carbonyl (C=O) groups is 2. The average Bonchev–Trinajstić information content (AvgIpc) is 2.48. The highest BCUT2D eigenvalue weighted by Gasteiger charge is 2.35. The van der Waals surface area contributed by atoms with Gasteiger partial charge in [0.05, 0.1) is 6.61 Å². The molecule has 5 nitrogen and oxygen atoms in total. The van der Waals surface area contributed by atoms with E-state index in [0.717, 1.165) is 12.8 Å². The number of ether oxygens (including phenoxy) is 1. The zero-order valence-electron chi connectivity index (χ0n) is 12.2. The summed E-state index contributed by atoms with van der Waals surface area (Å²) in [4.78, 5) is 24.3. The van der Waals surface area contributed by atoms with E-state index in [9.17, 15) is 14.7 Å². The molecule has 21 heavy (non-hydrogen) atoms. The van der Waals surface area contributed by atoms with Crippen LogP contribution in [0.1, 0.15) is 32.6 Å². The van der Waals surface area contributed by atoms with E-state index in [1.807, 2.05) is 0 Å². The van der Waals surface area contributed by atoms with Crippen molar-refractivity contribution in [1.82, 2.24) is 0 Å². The van der Waals surface area contributed by atoms with Crippen molar-refractivity contribution in [1.29, 1.82) is 0 Å². The number of phenolic OH excluding ortho intramolecular Hbond substituents is 1. The molecule has 0 radical (unpaired) electrons. The fourth-order valence-electron chi connectivity index (χ4n) is 2.66. The molecule has 0 heterocycles. The number of hydrogen-bond donors (Lipinski definition) is 2. The molecule has 0 aromatic heterocycles. The van der Waals surface area contributed by atoms with Crippen LogP contribution in [0.2, 0.25) is 0 Å². The number of phenols is 1. The van der Waals surface area contributed by atoms with Crippen molar-refractivity contribution in [2.45, 2.75) is 38.6 Å². The highest BCUT2D eigenvalue weighted by molar-refractivity contribution is 5.91. The van der Waals surface area contributed by atoms with Crippen molar-refractivity contribution >= 4 is 17.4 Å². The number of esters is 1. The van der Waals surface area contributed by atoms with Crippen LogP contribution in [0, 0.1) is 5.92 Å². The summed E-state index contributed by atoms with van der Waals surface area (Å²) in [6, 6.07) is 5.76. The van der Waals surface area contributed by atoms with Crippen LogP contribution in [0.25, 0.3) is 0 Å². The Morgan fingerprint density at radius 1 is 1.38 bits per heavy atom. The van der Waals surface area contributed by atoms with Crippen LogP contribution in [0.4, 0.5) is 5.69 Å². The van der Waals surface area contributed by atoms with Crippen molar-refractivity contribution in [3.05, 3.63) is 24.3 Å². The number of benzene rings is 1. The van der Waals surface area contributed by atoms with E-state index in [1.54, 1.807) is 19.1 Å². The van der Waals surface area contributed by atoms with Crippen LogP contribution >= 0.6 is 0 Å². The molecule has 0 spiro atoms. The third-order valence-corrected chi connectivity index (χ3v) is 3.73. The fraction of sp³-hybridized carbons (Fsp3) is 0.500. The van der Waals surface area contributed by atoms with Gasteiger partial charge in [0, 0.05) is 18.0 Å². The lowest BCUT2D eigenvalue weighted by molar-refractivity contribution is -0.147. The predicted molar refractivity (Wildman–Crippen MR) is 79.1 cm³/mol. The molecule has 1 aliphatic carbocycles. The Balaban J connectivity index is 2.16. The number of aromatic hydroxyl groups is 1. The van der Waals surface area contributed by atoms with Gasteiger partial charge in [0.1, 0.15) is 17.6 Å². The lowest BCUT2D eigenvalue weighted by Gasteiger charge is -2.28. The van der Waals surface area contributed by atoms with E-state index in [1.165, 1.54) is 12.1 Å². The van der Waals surface area contributed by atoms with Gasteiger partial charge in [-0.2, -0.15) is 0 Å². The van der Waals surface area contributed by atoms with Gasteiger partial charge in [-0.15, -0.1) is 0 Å². The smallest absolute Gasteiger partial charge is 0.329 e. The van der Waals surface area contributed by atoms with Crippen molar-refractivity contribution in [2.75, 3.05) is 11.9 Å². The molecule has 2 atom stereocenters. The number of carbonyl (C=O) groups excluding carboxylic acids is 2. The molecule has 0 bridgehead atoms. The van der Waals surface area contributed by atoms with Crippen LogP contribution in [0.15, 0.2) is 24.3 Å². The van der Waals surface area contributed by atoms with Gasteiger partial charge in [0.25, 0.3) is 0 Å². The molecule has 1 aromatic carbocycles. The maximum atomic E-state index is 12.2. The van der Waals surface area contributed by atoms with E-state index in [-0.39, 0.29) is 24.1 Å². The van der Waals surface area contributed by atoms with E-state index >= 15 is 0 Å². The number of nitrogens with one attached hydrogen (secondary N) is 1. The standard InChI is InChI=1S/C16H21NO4/c1-2-21-16(20)15(13-5-3-4-6-14(13)19)17-11-7-9-12(18)10-8-11/h7-10,13,15,17-18H,2-6H2,1H3/t13-,15+/m1/s1. The molecule has 1 aliphatic rings. The number of ketones is 1. The second kappa shape index (κ2) is 7.11. The number of Topliss-reactive ketones (excluding diaryl/α,β-unsaturated/α-hetero) is 1. The molecular formula is C16H21NO4. The highest BCUT2D eigenvalue weighted by atomic mass is 16.5. The van der Waals surface area contributed by atoms with Crippen molar-refractivity contribution in [2.24, 2.45) is 5.92 Å². The molecule has 0 unspecified atom stereocenters. The molecule has 2 N–H and O–H groups in total. The van der Waals surface area contributed by atoms with Gasteiger partial charge in [-0.05, 0) is 44.0 Å². The Labute approximate surface area is 124 Å². The Bertz CT molecular complexity index is 498. The average molecular weight is 291 g/mol. The Kier molecular flexibility index (Phi) is 5.20. The Morgan fingerprint density at radius 2 is 2.10 bits per heavy atom. The van der Waals surface area contributed by atoms with E-state index < -0.39 is 12.0 Å². The van der Waals surface area contributed by atoms with Crippen molar-refractivity contribution in [3.63, 3.8) is 0 Å². The largest absolute Gasteiger partial charge is 0.508 e. The van der Waals surface area contributed by atoms with E-state index in [4.69, 9.17) is 4.74 Å². The topological polar surface area (TPSA) is 75.6 Å². The maximum Gasteiger partial charge on any atom is 0.329 e. The molecule has 0 saturated heterocycles. The van der Waals surface area contributed by atoms with E-state index in [0.29, 0.717) is 18.5 Å². The second-order valence-electron chi connectivity index (χ2n) is 5.24. The van der Waals surface area contributed by atoms with Crippen LogP contribution < -0.4 is 5.32 Å². The maximum absolute atomic E-state index is 12.2. The van der Waals surface area contributed by atoms with Crippen LogP contribution in [-0.2, 0) is 14.3 Å². The molecule has 0 amide bonds. The molecule has 1 aromatic rings. The minimum atomic E-state index is -0.665. The molecule has 0 aliphatic heterocycles. The molecule has 1 saturated carbocycles. The number of hydrogen-bond acceptors (Lipinski definition) is 5. The predicted octanol–water partition coefficient (Wildman–Crippen LogP) is 2.50. The minimum Gasteiger partial charge on any atom is -0.508 e. The molecule has 2 rings (SSSR count). The first kappa shape index (κ1) is 15.4. The molecule has 1 fully saturated rings. The molecule has 114 valence electrons. The summed E-state index contributed by atoms with van der Waals surface area (Å²) in [6.45, 7) is 2.03. The van der Waals surface area contributed by atoms with Gasteiger partial charge in [0.2, 0.25) is 0 Å². The zero-order chi connectivity index (χ0) is 15.2. The highest BCUT2D eigenvalue weighted by Crippen LogP contribution is 2.27. The van der Waals surface area contributed by atoms with Crippen molar-refractivity contribution in [3.8, 4) is 5.75 Å².